The number of H-pyrrole nitrogens is 1. The van der Waals surface area contributed by atoms with Crippen LogP contribution in [0, 0.1) is 0 Å². The third-order valence-electron chi connectivity index (χ3n) is 4.46. The fraction of sp³-hybridized carbons (Fsp3) is 0.421. The SMILES string of the molecule is CCNC1CCc2[nH]c3ccc(NC=O)cc3c2C1.O=C(O)CCC(=O)O. The van der Waals surface area contributed by atoms with E-state index in [4.69, 9.17) is 10.2 Å². The second kappa shape index (κ2) is 9.72. The molecule has 3 rings (SSSR count). The van der Waals surface area contributed by atoms with Crippen molar-refractivity contribution in [3.63, 3.8) is 0 Å². The van der Waals surface area contributed by atoms with Crippen LogP contribution in [0.5, 0.6) is 0 Å². The van der Waals surface area contributed by atoms with Gasteiger partial charge in [-0.15, -0.1) is 0 Å². The van der Waals surface area contributed by atoms with Crippen molar-refractivity contribution in [2.24, 2.45) is 0 Å². The van der Waals surface area contributed by atoms with Crippen molar-refractivity contribution in [1.29, 1.82) is 0 Å². The van der Waals surface area contributed by atoms with Crippen molar-refractivity contribution in [3.05, 3.63) is 29.5 Å². The van der Waals surface area contributed by atoms with Crippen LogP contribution in [-0.2, 0) is 27.2 Å². The molecule has 27 heavy (non-hydrogen) atoms. The van der Waals surface area contributed by atoms with E-state index in [1.165, 1.54) is 28.6 Å². The van der Waals surface area contributed by atoms with Gasteiger partial charge in [-0.3, -0.25) is 14.4 Å². The third-order valence-corrected chi connectivity index (χ3v) is 4.46. The number of anilines is 1. The summed E-state index contributed by atoms with van der Waals surface area (Å²) in [7, 11) is 0. The average Bonchev–Trinajstić information content (AvgIpc) is 2.99. The number of benzene rings is 1. The highest BCUT2D eigenvalue weighted by atomic mass is 16.4. The second-order valence-corrected chi connectivity index (χ2v) is 6.39. The monoisotopic (exact) mass is 375 g/mol. The highest BCUT2D eigenvalue weighted by Gasteiger charge is 2.21. The fourth-order valence-corrected chi connectivity index (χ4v) is 3.25. The molecule has 0 spiro atoms. The number of fused-ring (bicyclic) bond motifs is 3. The Morgan fingerprint density at radius 1 is 1.26 bits per heavy atom. The van der Waals surface area contributed by atoms with Gasteiger partial charge in [0.2, 0.25) is 6.41 Å². The van der Waals surface area contributed by atoms with E-state index in [0.29, 0.717) is 6.04 Å². The first kappa shape index (κ1) is 20.4. The first-order valence-corrected chi connectivity index (χ1v) is 8.95. The molecule has 2 aromatic rings. The first-order chi connectivity index (χ1) is 12.9. The molecular weight excluding hydrogens is 350 g/mol. The number of aromatic amines is 1. The Balaban J connectivity index is 0.000000279. The van der Waals surface area contributed by atoms with Crippen LogP contribution in [0.15, 0.2) is 18.2 Å². The van der Waals surface area contributed by atoms with Gasteiger partial charge in [0.25, 0.3) is 0 Å². The number of carbonyl (C=O) groups is 3. The van der Waals surface area contributed by atoms with Gasteiger partial charge in [-0.1, -0.05) is 6.92 Å². The molecule has 1 aromatic carbocycles. The average molecular weight is 375 g/mol. The molecule has 0 bridgehead atoms. The summed E-state index contributed by atoms with van der Waals surface area (Å²) >= 11 is 0. The van der Waals surface area contributed by atoms with Crippen LogP contribution in [0.3, 0.4) is 0 Å². The van der Waals surface area contributed by atoms with Crippen LogP contribution in [-0.4, -0.2) is 46.1 Å². The van der Waals surface area contributed by atoms with Gasteiger partial charge in [-0.05, 0) is 49.6 Å². The van der Waals surface area contributed by atoms with Gasteiger partial charge in [0.15, 0.2) is 0 Å². The Kier molecular flexibility index (Phi) is 7.36. The summed E-state index contributed by atoms with van der Waals surface area (Å²) in [5, 5.41) is 23.3. The zero-order valence-electron chi connectivity index (χ0n) is 15.2. The number of carbonyl (C=O) groups excluding carboxylic acids is 1. The number of aromatic nitrogens is 1. The van der Waals surface area contributed by atoms with Gasteiger partial charge in [-0.2, -0.15) is 0 Å². The van der Waals surface area contributed by atoms with Gasteiger partial charge in [-0.25, -0.2) is 0 Å². The van der Waals surface area contributed by atoms with Gasteiger partial charge >= 0.3 is 11.9 Å². The molecule has 1 heterocycles. The summed E-state index contributed by atoms with van der Waals surface area (Å²) in [4.78, 5) is 33.3. The lowest BCUT2D eigenvalue weighted by Crippen LogP contribution is -2.34. The van der Waals surface area contributed by atoms with E-state index >= 15 is 0 Å². The van der Waals surface area contributed by atoms with Crippen molar-refractivity contribution >= 4 is 34.9 Å². The maximum atomic E-state index is 10.5. The molecule has 1 atom stereocenters. The molecule has 0 saturated carbocycles. The fourth-order valence-electron chi connectivity index (χ4n) is 3.25. The third kappa shape index (κ3) is 5.82. The minimum atomic E-state index is -1.08. The maximum Gasteiger partial charge on any atom is 0.303 e. The highest BCUT2D eigenvalue weighted by molar-refractivity contribution is 5.89. The number of hydrogen-bond acceptors (Lipinski definition) is 4. The minimum Gasteiger partial charge on any atom is -0.481 e. The van der Waals surface area contributed by atoms with Crippen LogP contribution in [0.2, 0.25) is 0 Å². The molecule has 8 nitrogen and oxygen atoms in total. The van der Waals surface area contributed by atoms with Crippen LogP contribution >= 0.6 is 0 Å². The lowest BCUT2D eigenvalue weighted by atomic mass is 9.91. The van der Waals surface area contributed by atoms with Gasteiger partial charge in [0, 0.05) is 28.3 Å². The Morgan fingerprint density at radius 2 is 1.96 bits per heavy atom. The molecule has 146 valence electrons. The lowest BCUT2D eigenvalue weighted by molar-refractivity contribution is -0.143. The number of carboxylic acids is 2. The molecular formula is C19H25N3O5. The van der Waals surface area contributed by atoms with Crippen molar-refractivity contribution < 1.29 is 24.6 Å². The van der Waals surface area contributed by atoms with Crippen molar-refractivity contribution in [2.45, 2.75) is 45.1 Å². The molecule has 1 unspecified atom stereocenters. The van der Waals surface area contributed by atoms with Gasteiger partial charge in [0.1, 0.15) is 0 Å². The van der Waals surface area contributed by atoms with Crippen molar-refractivity contribution in [2.75, 3.05) is 11.9 Å². The largest absolute Gasteiger partial charge is 0.481 e. The molecule has 0 radical (unpaired) electrons. The number of rotatable bonds is 7. The normalized spacial score (nSPS) is 15.4. The van der Waals surface area contributed by atoms with Crippen LogP contribution in [0.4, 0.5) is 5.69 Å². The number of likely N-dealkylation sites (N-methyl/N-ethyl adjacent to an activating group) is 1. The smallest absolute Gasteiger partial charge is 0.303 e. The molecule has 1 aliphatic rings. The molecule has 0 saturated heterocycles. The lowest BCUT2D eigenvalue weighted by Gasteiger charge is -2.23. The van der Waals surface area contributed by atoms with E-state index in [1.54, 1.807) is 0 Å². The highest BCUT2D eigenvalue weighted by Crippen LogP contribution is 2.30. The Bertz CT molecular complexity index is 801. The predicted octanol–water partition coefficient (Wildman–Crippen LogP) is 2.14. The molecule has 8 heteroatoms. The number of carboxylic acid groups (broad SMARTS) is 2. The topological polar surface area (TPSA) is 132 Å². The standard InChI is InChI=1S/C15H19N3O.C4H6O4/c1-2-16-10-3-5-14-12(7-10)13-8-11(17-9-19)4-6-15(13)18-14;5-3(6)1-2-4(7)8/h4,6,8-10,16,18H,2-3,5,7H2,1H3,(H,17,19);1-2H2,(H,5,6)(H,7,8). The number of nitrogens with one attached hydrogen (secondary N) is 3. The predicted molar refractivity (Wildman–Crippen MR) is 102 cm³/mol. The molecule has 0 aliphatic heterocycles. The van der Waals surface area contributed by atoms with E-state index in [-0.39, 0.29) is 12.8 Å². The Morgan fingerprint density at radius 3 is 2.56 bits per heavy atom. The van der Waals surface area contributed by atoms with E-state index in [9.17, 15) is 14.4 Å². The minimum absolute atomic E-state index is 0.296. The van der Waals surface area contributed by atoms with Crippen LogP contribution < -0.4 is 10.6 Å². The summed E-state index contributed by atoms with van der Waals surface area (Å²) in [5.41, 5.74) is 4.78. The summed E-state index contributed by atoms with van der Waals surface area (Å²) < 4.78 is 0. The molecule has 0 fully saturated rings. The summed E-state index contributed by atoms with van der Waals surface area (Å²) in [5.74, 6) is -2.15. The van der Waals surface area contributed by atoms with Crippen LogP contribution in [0.1, 0.15) is 37.4 Å². The van der Waals surface area contributed by atoms with Gasteiger partial charge in [0.05, 0.1) is 12.8 Å². The zero-order chi connectivity index (χ0) is 19.8. The second-order valence-electron chi connectivity index (χ2n) is 6.39. The molecule has 1 aliphatic carbocycles. The number of aryl methyl sites for hydroxylation is 1. The molecule has 1 aromatic heterocycles. The summed E-state index contributed by atoms with van der Waals surface area (Å²) in [6.07, 6.45) is 3.48. The molecule has 1 amide bonds. The maximum absolute atomic E-state index is 10.5. The quantitative estimate of drug-likeness (QED) is 0.471. The van der Waals surface area contributed by atoms with Gasteiger partial charge < -0.3 is 25.8 Å². The van der Waals surface area contributed by atoms with Crippen molar-refractivity contribution in [1.82, 2.24) is 10.3 Å². The van der Waals surface area contributed by atoms with Crippen LogP contribution in [0.25, 0.3) is 10.9 Å². The number of amides is 1. The first-order valence-electron chi connectivity index (χ1n) is 8.95. The Hall–Kier alpha value is -2.87. The Labute approximate surface area is 157 Å². The van der Waals surface area contributed by atoms with E-state index < -0.39 is 11.9 Å². The summed E-state index contributed by atoms with van der Waals surface area (Å²) in [6.45, 7) is 3.16. The summed E-state index contributed by atoms with van der Waals surface area (Å²) in [6, 6.07) is 6.61. The number of hydrogen-bond donors (Lipinski definition) is 5. The van der Waals surface area contributed by atoms with E-state index in [2.05, 4.69) is 28.6 Å². The zero-order valence-corrected chi connectivity index (χ0v) is 15.2. The molecule has 5 N–H and O–H groups in total. The number of aliphatic carboxylic acids is 2. The van der Waals surface area contributed by atoms with E-state index in [1.807, 2.05) is 12.1 Å². The van der Waals surface area contributed by atoms with Crippen molar-refractivity contribution in [3.8, 4) is 0 Å². The van der Waals surface area contributed by atoms with E-state index in [0.717, 1.165) is 31.5 Å².